The van der Waals surface area contributed by atoms with Gasteiger partial charge in [0.1, 0.15) is 5.75 Å². The van der Waals surface area contributed by atoms with Gasteiger partial charge in [0.05, 0.1) is 0 Å². The Hall–Kier alpha value is -0.980. The summed E-state index contributed by atoms with van der Waals surface area (Å²) in [7, 11) is 0. The molecule has 0 aliphatic rings. The van der Waals surface area contributed by atoms with E-state index in [4.69, 9.17) is 0 Å². The first-order valence-electron chi connectivity index (χ1n) is 9.19. The molecule has 0 saturated carbocycles. The van der Waals surface area contributed by atoms with Crippen molar-refractivity contribution < 1.29 is 5.11 Å². The molecule has 0 amide bonds. The minimum atomic E-state index is 0.360. The van der Waals surface area contributed by atoms with Crippen LogP contribution in [0, 0.1) is 17.8 Å². The van der Waals surface area contributed by atoms with E-state index in [0.29, 0.717) is 17.6 Å². The molecule has 22 heavy (non-hydrogen) atoms. The molecule has 0 bridgehead atoms. The highest BCUT2D eigenvalue weighted by molar-refractivity contribution is 5.28. The topological polar surface area (TPSA) is 20.2 Å². The van der Waals surface area contributed by atoms with Crippen LogP contribution in [-0.4, -0.2) is 5.11 Å². The van der Waals surface area contributed by atoms with E-state index in [-0.39, 0.29) is 0 Å². The van der Waals surface area contributed by atoms with Crippen molar-refractivity contribution in [2.24, 2.45) is 17.8 Å². The number of rotatable bonds is 10. The third-order valence-electron chi connectivity index (χ3n) is 5.11. The van der Waals surface area contributed by atoms with Crippen LogP contribution >= 0.6 is 0 Å². The summed E-state index contributed by atoms with van der Waals surface area (Å²) in [6.45, 7) is 11.7. The Bertz CT molecular complexity index is 393. The highest BCUT2D eigenvalue weighted by Gasteiger charge is 2.14. The molecule has 0 saturated heterocycles. The summed E-state index contributed by atoms with van der Waals surface area (Å²) in [5, 5.41) is 9.38. The predicted octanol–water partition coefficient (Wildman–Crippen LogP) is 6.76. The van der Waals surface area contributed by atoms with E-state index < -0.39 is 0 Å². The van der Waals surface area contributed by atoms with Crippen LogP contribution in [0.4, 0.5) is 0 Å². The van der Waals surface area contributed by atoms with E-state index >= 15 is 0 Å². The third kappa shape index (κ3) is 7.33. The van der Waals surface area contributed by atoms with E-state index in [1.807, 2.05) is 0 Å². The fourth-order valence-electron chi connectivity index (χ4n) is 3.16. The number of hydrogen-bond acceptors (Lipinski definition) is 1. The molecule has 1 heteroatoms. The average Bonchev–Trinajstić information content (AvgIpc) is 2.46. The van der Waals surface area contributed by atoms with Gasteiger partial charge < -0.3 is 5.11 Å². The molecule has 0 spiro atoms. The summed E-state index contributed by atoms with van der Waals surface area (Å²) in [5.41, 5.74) is 1.34. The lowest BCUT2D eigenvalue weighted by Gasteiger charge is -2.21. The Labute approximate surface area is 138 Å². The molecule has 1 N–H and O–H groups in total. The first-order valence-corrected chi connectivity index (χ1v) is 9.19. The Morgan fingerprint density at radius 3 is 1.86 bits per heavy atom. The van der Waals surface area contributed by atoms with Crippen LogP contribution in [0.2, 0.25) is 0 Å². The summed E-state index contributed by atoms with van der Waals surface area (Å²) in [6.07, 6.45) is 8.16. The average molecular weight is 305 g/mol. The van der Waals surface area contributed by atoms with Crippen molar-refractivity contribution in [3.8, 4) is 5.75 Å². The number of phenolic OH excluding ortho intramolecular Hbond substituents is 1. The number of benzene rings is 1. The van der Waals surface area contributed by atoms with Gasteiger partial charge in [-0.3, -0.25) is 0 Å². The van der Waals surface area contributed by atoms with Crippen LogP contribution in [-0.2, 0) is 0 Å². The van der Waals surface area contributed by atoms with Crippen molar-refractivity contribution in [1.29, 1.82) is 0 Å². The van der Waals surface area contributed by atoms with Crippen LogP contribution in [0.5, 0.6) is 5.75 Å². The zero-order valence-electron chi connectivity index (χ0n) is 15.3. The molecule has 0 fully saturated rings. The molecule has 126 valence electrons. The van der Waals surface area contributed by atoms with Gasteiger partial charge in [0.15, 0.2) is 0 Å². The van der Waals surface area contributed by atoms with Gasteiger partial charge in [0.2, 0.25) is 0 Å². The molecule has 1 aromatic rings. The van der Waals surface area contributed by atoms with Crippen LogP contribution in [0.25, 0.3) is 0 Å². The van der Waals surface area contributed by atoms with Gasteiger partial charge in [0.25, 0.3) is 0 Å². The Morgan fingerprint density at radius 2 is 1.32 bits per heavy atom. The Balaban J connectivity index is 2.24. The van der Waals surface area contributed by atoms with Gasteiger partial charge in [-0.25, -0.2) is 0 Å². The van der Waals surface area contributed by atoms with Gasteiger partial charge in [-0.1, -0.05) is 85.3 Å². The molecule has 0 aromatic heterocycles. The van der Waals surface area contributed by atoms with E-state index in [1.165, 1.54) is 44.1 Å². The first kappa shape index (κ1) is 19.1. The molecule has 3 unspecified atom stereocenters. The van der Waals surface area contributed by atoms with Crippen LogP contribution in [0.3, 0.4) is 0 Å². The molecular formula is C21H36O. The van der Waals surface area contributed by atoms with Crippen molar-refractivity contribution in [2.45, 2.75) is 79.1 Å². The predicted molar refractivity (Wildman–Crippen MR) is 97.4 cm³/mol. The highest BCUT2D eigenvalue weighted by atomic mass is 16.3. The Morgan fingerprint density at radius 1 is 0.773 bits per heavy atom. The highest BCUT2D eigenvalue weighted by Crippen LogP contribution is 2.29. The minimum Gasteiger partial charge on any atom is -0.508 e. The molecule has 3 atom stereocenters. The molecule has 1 nitrogen and oxygen atoms in total. The molecular weight excluding hydrogens is 268 g/mol. The maximum absolute atomic E-state index is 9.38. The summed E-state index contributed by atoms with van der Waals surface area (Å²) < 4.78 is 0. The standard InChI is InChI=1S/C21H36O/c1-16(2)8-6-9-17(3)10-7-11-18(4)19(5)20-12-14-21(22)15-13-20/h12-19,22H,6-11H2,1-5H3. The second-order valence-electron chi connectivity index (χ2n) is 7.72. The Kier molecular flexibility index (Phi) is 8.60. The fraction of sp³-hybridized carbons (Fsp3) is 0.714. The largest absolute Gasteiger partial charge is 0.508 e. The smallest absolute Gasteiger partial charge is 0.115 e. The summed E-state index contributed by atoms with van der Waals surface area (Å²) >= 11 is 0. The zero-order chi connectivity index (χ0) is 16.5. The van der Waals surface area contributed by atoms with Gasteiger partial charge >= 0.3 is 0 Å². The van der Waals surface area contributed by atoms with E-state index in [2.05, 4.69) is 46.8 Å². The molecule has 0 radical (unpaired) electrons. The van der Waals surface area contributed by atoms with E-state index in [0.717, 1.165) is 11.8 Å². The maximum atomic E-state index is 9.38. The molecule has 1 aromatic carbocycles. The maximum Gasteiger partial charge on any atom is 0.115 e. The number of hydrogen-bond donors (Lipinski definition) is 1. The quantitative estimate of drug-likeness (QED) is 0.506. The number of phenols is 1. The fourth-order valence-corrected chi connectivity index (χ4v) is 3.16. The summed E-state index contributed by atoms with van der Waals surface area (Å²) in [6, 6.07) is 7.72. The number of aromatic hydroxyl groups is 1. The van der Waals surface area contributed by atoms with Crippen LogP contribution < -0.4 is 0 Å². The van der Waals surface area contributed by atoms with Crippen molar-refractivity contribution in [3.05, 3.63) is 29.8 Å². The minimum absolute atomic E-state index is 0.360. The second kappa shape index (κ2) is 9.92. The zero-order valence-corrected chi connectivity index (χ0v) is 15.3. The first-order chi connectivity index (χ1) is 10.4. The monoisotopic (exact) mass is 304 g/mol. The molecule has 0 heterocycles. The summed E-state index contributed by atoms with van der Waals surface area (Å²) in [4.78, 5) is 0. The molecule has 1 rings (SSSR count). The van der Waals surface area contributed by atoms with Crippen molar-refractivity contribution in [1.82, 2.24) is 0 Å². The van der Waals surface area contributed by atoms with Gasteiger partial charge in [-0.15, -0.1) is 0 Å². The lowest BCUT2D eigenvalue weighted by molar-refractivity contribution is 0.380. The lowest BCUT2D eigenvalue weighted by atomic mass is 9.84. The van der Waals surface area contributed by atoms with Crippen LogP contribution in [0.15, 0.2) is 24.3 Å². The van der Waals surface area contributed by atoms with Gasteiger partial charge in [0, 0.05) is 0 Å². The van der Waals surface area contributed by atoms with E-state index in [1.54, 1.807) is 12.1 Å². The summed E-state index contributed by atoms with van der Waals surface area (Å²) in [5.74, 6) is 3.34. The SMILES string of the molecule is CC(C)CCCC(C)CCCC(C)C(C)c1ccc(O)cc1. The van der Waals surface area contributed by atoms with Gasteiger partial charge in [-0.2, -0.15) is 0 Å². The van der Waals surface area contributed by atoms with Crippen molar-refractivity contribution in [2.75, 3.05) is 0 Å². The van der Waals surface area contributed by atoms with Crippen LogP contribution in [0.1, 0.15) is 84.6 Å². The van der Waals surface area contributed by atoms with Gasteiger partial charge in [-0.05, 0) is 41.4 Å². The van der Waals surface area contributed by atoms with Crippen molar-refractivity contribution in [3.63, 3.8) is 0 Å². The normalized spacial score (nSPS) is 15.7. The lowest BCUT2D eigenvalue weighted by Crippen LogP contribution is -2.07. The third-order valence-corrected chi connectivity index (χ3v) is 5.11. The molecule has 0 aliphatic carbocycles. The van der Waals surface area contributed by atoms with Crippen molar-refractivity contribution >= 4 is 0 Å². The second-order valence-corrected chi connectivity index (χ2v) is 7.72. The molecule has 0 aliphatic heterocycles. The van der Waals surface area contributed by atoms with E-state index in [9.17, 15) is 5.11 Å².